The molecule has 2 rings (SSSR count). The number of ether oxygens (including phenoxy) is 1. The van der Waals surface area contributed by atoms with Crippen molar-refractivity contribution in [3.05, 3.63) is 36.0 Å². The zero-order valence-corrected chi connectivity index (χ0v) is 11.1. The maximum atomic E-state index is 12.2. The van der Waals surface area contributed by atoms with Crippen LogP contribution in [-0.4, -0.2) is 43.1 Å². The molecule has 0 radical (unpaired) electrons. The van der Waals surface area contributed by atoms with E-state index in [2.05, 4.69) is 4.98 Å². The van der Waals surface area contributed by atoms with Gasteiger partial charge in [0.1, 0.15) is 11.5 Å². The maximum Gasteiger partial charge on any atom is 0.272 e. The van der Waals surface area contributed by atoms with Gasteiger partial charge in [-0.1, -0.05) is 24.3 Å². The summed E-state index contributed by atoms with van der Waals surface area (Å²) in [7, 11) is 3.32. The Morgan fingerprint density at radius 3 is 2.89 bits per heavy atom. The molecule has 0 aliphatic rings. The molecule has 2 N–H and O–H groups in total. The molecule has 0 fully saturated rings. The summed E-state index contributed by atoms with van der Waals surface area (Å²) >= 11 is 0. The van der Waals surface area contributed by atoms with Gasteiger partial charge in [0.2, 0.25) is 0 Å². The monoisotopic (exact) mass is 259 g/mol. The molecule has 0 saturated carbocycles. The quantitative estimate of drug-likeness (QED) is 0.904. The van der Waals surface area contributed by atoms with Crippen LogP contribution in [0.15, 0.2) is 30.3 Å². The molecule has 0 aliphatic carbocycles. The number of nitrogens with zero attached hydrogens (tertiary/aromatic N) is 2. The maximum absolute atomic E-state index is 12.2. The molecular weight excluding hydrogens is 242 g/mol. The lowest BCUT2D eigenvalue weighted by Gasteiger charge is -2.16. The Morgan fingerprint density at radius 1 is 1.42 bits per heavy atom. The number of carbonyl (C=O) groups is 1. The molecule has 1 heterocycles. The van der Waals surface area contributed by atoms with Crippen molar-refractivity contribution in [2.24, 2.45) is 0 Å². The van der Waals surface area contributed by atoms with Gasteiger partial charge in [-0.3, -0.25) is 4.79 Å². The van der Waals surface area contributed by atoms with E-state index in [1.807, 2.05) is 24.3 Å². The highest BCUT2D eigenvalue weighted by molar-refractivity contribution is 5.99. The summed E-state index contributed by atoms with van der Waals surface area (Å²) in [5.74, 6) is 0.219. The summed E-state index contributed by atoms with van der Waals surface area (Å²) in [6.07, 6.45) is 0. The molecule has 0 saturated heterocycles. The second-order valence-corrected chi connectivity index (χ2v) is 4.33. The van der Waals surface area contributed by atoms with Gasteiger partial charge in [0.15, 0.2) is 0 Å². The third-order valence-corrected chi connectivity index (χ3v) is 2.97. The topological polar surface area (TPSA) is 68.5 Å². The predicted molar refractivity (Wildman–Crippen MR) is 75.0 cm³/mol. The minimum atomic E-state index is -0.158. The van der Waals surface area contributed by atoms with Crippen molar-refractivity contribution < 1.29 is 9.53 Å². The minimum Gasteiger partial charge on any atom is -0.383 e. The number of anilines is 1. The predicted octanol–water partition coefficient (Wildman–Crippen LogP) is 1.54. The fourth-order valence-corrected chi connectivity index (χ4v) is 1.86. The molecular formula is C14H17N3O2. The molecule has 0 aliphatic heterocycles. The van der Waals surface area contributed by atoms with Gasteiger partial charge in [-0.05, 0) is 11.5 Å². The van der Waals surface area contributed by atoms with Crippen LogP contribution in [0.25, 0.3) is 10.8 Å². The van der Waals surface area contributed by atoms with Gasteiger partial charge in [-0.15, -0.1) is 0 Å². The second kappa shape index (κ2) is 5.67. The number of rotatable bonds is 4. The Morgan fingerprint density at radius 2 is 2.16 bits per heavy atom. The lowest BCUT2D eigenvalue weighted by molar-refractivity contribution is 0.0739. The summed E-state index contributed by atoms with van der Waals surface area (Å²) in [6, 6.07) is 9.37. The molecule has 0 unspecified atom stereocenters. The number of hydrogen-bond acceptors (Lipinski definition) is 4. The van der Waals surface area contributed by atoms with Gasteiger partial charge in [0.05, 0.1) is 6.61 Å². The fourth-order valence-electron chi connectivity index (χ4n) is 1.86. The summed E-state index contributed by atoms with van der Waals surface area (Å²) in [6.45, 7) is 1.01. The van der Waals surface area contributed by atoms with Gasteiger partial charge >= 0.3 is 0 Å². The van der Waals surface area contributed by atoms with Crippen LogP contribution >= 0.6 is 0 Å². The van der Waals surface area contributed by atoms with Crippen molar-refractivity contribution in [3.63, 3.8) is 0 Å². The zero-order chi connectivity index (χ0) is 13.8. The average Bonchev–Trinajstić information content (AvgIpc) is 2.43. The highest BCUT2D eigenvalue weighted by Crippen LogP contribution is 2.20. The van der Waals surface area contributed by atoms with E-state index in [0.717, 1.165) is 10.8 Å². The van der Waals surface area contributed by atoms with E-state index >= 15 is 0 Å². The van der Waals surface area contributed by atoms with E-state index < -0.39 is 0 Å². The van der Waals surface area contributed by atoms with Crippen molar-refractivity contribution in [1.29, 1.82) is 0 Å². The Labute approximate surface area is 112 Å². The molecule has 5 heteroatoms. The molecule has 5 nitrogen and oxygen atoms in total. The number of carbonyl (C=O) groups excluding carboxylic acids is 1. The van der Waals surface area contributed by atoms with E-state index in [4.69, 9.17) is 10.5 Å². The highest BCUT2D eigenvalue weighted by Gasteiger charge is 2.14. The number of fused-ring (bicyclic) bond motifs is 1. The van der Waals surface area contributed by atoms with Gasteiger partial charge in [-0.25, -0.2) is 4.98 Å². The van der Waals surface area contributed by atoms with E-state index in [1.165, 1.54) is 0 Å². The SMILES string of the molecule is COCCN(C)C(=O)c1cc2ccccc2c(N)n1. The number of hydrogen-bond donors (Lipinski definition) is 1. The number of methoxy groups -OCH3 is 1. The summed E-state index contributed by atoms with van der Waals surface area (Å²) in [5, 5.41) is 1.78. The molecule has 0 atom stereocenters. The molecule has 0 spiro atoms. The largest absolute Gasteiger partial charge is 0.383 e. The van der Waals surface area contributed by atoms with Crippen molar-refractivity contribution in [2.75, 3.05) is 33.0 Å². The smallest absolute Gasteiger partial charge is 0.272 e. The fraction of sp³-hybridized carbons (Fsp3) is 0.286. The van der Waals surface area contributed by atoms with Crippen molar-refractivity contribution in [3.8, 4) is 0 Å². The molecule has 1 aromatic carbocycles. The van der Waals surface area contributed by atoms with Crippen LogP contribution in [0.1, 0.15) is 10.5 Å². The van der Waals surface area contributed by atoms with Crippen LogP contribution in [0.4, 0.5) is 5.82 Å². The van der Waals surface area contributed by atoms with E-state index in [1.54, 1.807) is 25.1 Å². The molecule has 1 amide bonds. The normalized spacial score (nSPS) is 10.6. The Balaban J connectivity index is 2.32. The van der Waals surface area contributed by atoms with Crippen LogP contribution in [0, 0.1) is 0 Å². The van der Waals surface area contributed by atoms with E-state index in [0.29, 0.717) is 24.7 Å². The van der Waals surface area contributed by atoms with Crippen LogP contribution < -0.4 is 5.73 Å². The number of benzene rings is 1. The number of aromatic nitrogens is 1. The lowest BCUT2D eigenvalue weighted by atomic mass is 10.1. The van der Waals surface area contributed by atoms with E-state index in [-0.39, 0.29) is 5.91 Å². The first-order valence-corrected chi connectivity index (χ1v) is 6.03. The minimum absolute atomic E-state index is 0.158. The van der Waals surface area contributed by atoms with Crippen LogP contribution in [-0.2, 0) is 4.74 Å². The Hall–Kier alpha value is -2.14. The number of likely N-dealkylation sites (N-methyl/N-ethyl adjacent to an activating group) is 1. The van der Waals surface area contributed by atoms with Gasteiger partial charge < -0.3 is 15.4 Å². The lowest BCUT2D eigenvalue weighted by Crippen LogP contribution is -2.30. The molecule has 1 aromatic heterocycles. The van der Waals surface area contributed by atoms with Gasteiger partial charge in [-0.2, -0.15) is 0 Å². The van der Waals surface area contributed by atoms with Crippen LogP contribution in [0.2, 0.25) is 0 Å². The van der Waals surface area contributed by atoms with Crippen LogP contribution in [0.3, 0.4) is 0 Å². The first-order chi connectivity index (χ1) is 9.13. The first-order valence-electron chi connectivity index (χ1n) is 6.03. The Bertz CT molecular complexity index is 598. The zero-order valence-electron chi connectivity index (χ0n) is 11.1. The first kappa shape index (κ1) is 13.3. The third-order valence-electron chi connectivity index (χ3n) is 2.97. The molecule has 0 bridgehead atoms. The second-order valence-electron chi connectivity index (χ2n) is 4.33. The van der Waals surface area contributed by atoms with Crippen molar-refractivity contribution >= 4 is 22.5 Å². The van der Waals surface area contributed by atoms with E-state index in [9.17, 15) is 4.79 Å². The number of nitrogens with two attached hydrogens (primary N) is 1. The van der Waals surface area contributed by atoms with Gasteiger partial charge in [0.25, 0.3) is 5.91 Å². The van der Waals surface area contributed by atoms with Crippen LogP contribution in [0.5, 0.6) is 0 Å². The summed E-state index contributed by atoms with van der Waals surface area (Å²) in [5.41, 5.74) is 6.24. The molecule has 100 valence electrons. The van der Waals surface area contributed by atoms with Crippen molar-refractivity contribution in [2.45, 2.75) is 0 Å². The summed E-state index contributed by atoms with van der Waals surface area (Å²) in [4.78, 5) is 17.9. The van der Waals surface area contributed by atoms with Crippen molar-refractivity contribution in [1.82, 2.24) is 9.88 Å². The standard InChI is InChI=1S/C14H17N3O2/c1-17(7-8-19-2)14(18)12-9-10-5-3-4-6-11(10)13(15)16-12/h3-6,9H,7-8H2,1-2H3,(H2,15,16). The molecule has 19 heavy (non-hydrogen) atoms. The average molecular weight is 259 g/mol. The number of pyridine rings is 1. The Kier molecular flexibility index (Phi) is 3.97. The highest BCUT2D eigenvalue weighted by atomic mass is 16.5. The summed E-state index contributed by atoms with van der Waals surface area (Å²) < 4.78 is 4.95. The third kappa shape index (κ3) is 2.82. The number of amides is 1. The van der Waals surface area contributed by atoms with Gasteiger partial charge in [0, 0.05) is 26.1 Å². The molecule has 2 aromatic rings. The number of nitrogen functional groups attached to an aromatic ring is 1.